The largest absolute Gasteiger partial charge is 0.494 e. The third-order valence-electron chi connectivity index (χ3n) is 6.27. The number of rotatable bonds is 5. The van der Waals surface area contributed by atoms with Gasteiger partial charge in [0.15, 0.2) is 0 Å². The lowest BCUT2D eigenvalue weighted by molar-refractivity contribution is -0.122. The third kappa shape index (κ3) is 4.07. The van der Waals surface area contributed by atoms with E-state index in [1.165, 1.54) is 19.3 Å². The fourth-order valence-corrected chi connectivity index (χ4v) is 4.76. The smallest absolute Gasteiger partial charge is 0.335 e. The molecule has 32 heavy (non-hydrogen) atoms. The van der Waals surface area contributed by atoms with Gasteiger partial charge in [0, 0.05) is 17.4 Å². The number of amides is 4. The van der Waals surface area contributed by atoms with Crippen molar-refractivity contribution in [1.29, 1.82) is 0 Å². The van der Waals surface area contributed by atoms with Crippen molar-refractivity contribution >= 4 is 29.6 Å². The van der Waals surface area contributed by atoms with Gasteiger partial charge in [0.25, 0.3) is 11.8 Å². The van der Waals surface area contributed by atoms with E-state index in [2.05, 4.69) is 16.8 Å². The molecule has 2 fully saturated rings. The minimum Gasteiger partial charge on any atom is -0.494 e. The Balaban J connectivity index is 1.66. The summed E-state index contributed by atoms with van der Waals surface area (Å²) in [6.45, 7) is 6.48. The van der Waals surface area contributed by atoms with E-state index in [1.54, 1.807) is 30.3 Å². The summed E-state index contributed by atoms with van der Waals surface area (Å²) < 4.78 is 7.75. The van der Waals surface area contributed by atoms with Crippen molar-refractivity contribution in [2.75, 3.05) is 11.5 Å². The second-order valence-corrected chi connectivity index (χ2v) is 8.37. The van der Waals surface area contributed by atoms with E-state index in [4.69, 9.17) is 4.74 Å². The van der Waals surface area contributed by atoms with Crippen LogP contribution in [0.1, 0.15) is 62.0 Å². The molecule has 2 heterocycles. The van der Waals surface area contributed by atoms with Gasteiger partial charge in [0.1, 0.15) is 11.3 Å². The van der Waals surface area contributed by atoms with E-state index in [-0.39, 0.29) is 5.57 Å². The van der Waals surface area contributed by atoms with Crippen molar-refractivity contribution in [3.8, 4) is 5.75 Å². The monoisotopic (exact) mass is 435 g/mol. The maximum atomic E-state index is 13.2. The Bertz CT molecular complexity index is 1080. The number of nitrogens with zero attached hydrogens (tertiary/aromatic N) is 2. The van der Waals surface area contributed by atoms with E-state index >= 15 is 0 Å². The standard InChI is InChI=1S/C25H29N3O4/c1-4-32-21-12-10-20(11-13-21)28-24(30)22(23(29)26-25(28)31)15-18-14-16(2)27(17(18)3)19-8-6-5-7-9-19/h10-15,19H,4-9H2,1-3H3,(H,26,29,31)/b22-15-. The molecule has 2 aliphatic rings. The predicted molar refractivity (Wildman–Crippen MR) is 123 cm³/mol. The van der Waals surface area contributed by atoms with E-state index in [9.17, 15) is 14.4 Å². The molecule has 168 valence electrons. The van der Waals surface area contributed by atoms with E-state index in [1.807, 2.05) is 19.9 Å². The van der Waals surface area contributed by atoms with Gasteiger partial charge in [0.2, 0.25) is 0 Å². The molecule has 7 heteroatoms. The Morgan fingerprint density at radius 2 is 1.75 bits per heavy atom. The number of urea groups is 1. The molecule has 4 rings (SSSR count). The normalized spacial score (nSPS) is 18.9. The van der Waals surface area contributed by atoms with Gasteiger partial charge in [-0.1, -0.05) is 19.3 Å². The van der Waals surface area contributed by atoms with Crippen molar-refractivity contribution in [2.24, 2.45) is 0 Å². The summed E-state index contributed by atoms with van der Waals surface area (Å²) in [7, 11) is 0. The molecule has 1 aliphatic carbocycles. The number of hydrogen-bond acceptors (Lipinski definition) is 4. The van der Waals surface area contributed by atoms with Crippen LogP contribution in [0.25, 0.3) is 6.08 Å². The number of carbonyl (C=O) groups excluding carboxylic acids is 3. The number of carbonyl (C=O) groups is 3. The Morgan fingerprint density at radius 3 is 2.41 bits per heavy atom. The maximum absolute atomic E-state index is 13.2. The fraction of sp³-hybridized carbons (Fsp3) is 0.400. The van der Waals surface area contributed by atoms with Crippen molar-refractivity contribution in [2.45, 2.75) is 58.9 Å². The first-order chi connectivity index (χ1) is 15.4. The molecule has 1 aromatic carbocycles. The number of benzene rings is 1. The van der Waals surface area contributed by atoms with Crippen LogP contribution >= 0.6 is 0 Å². The third-order valence-corrected chi connectivity index (χ3v) is 6.27. The van der Waals surface area contributed by atoms with E-state index in [0.717, 1.165) is 34.7 Å². The lowest BCUT2D eigenvalue weighted by atomic mass is 9.95. The number of anilines is 1. The number of nitrogens with one attached hydrogen (secondary N) is 1. The fourth-order valence-electron chi connectivity index (χ4n) is 4.76. The minimum atomic E-state index is -0.756. The molecular weight excluding hydrogens is 406 g/mol. The second-order valence-electron chi connectivity index (χ2n) is 8.37. The molecule has 0 radical (unpaired) electrons. The van der Waals surface area contributed by atoms with Gasteiger partial charge in [-0.3, -0.25) is 14.9 Å². The zero-order chi connectivity index (χ0) is 22.8. The van der Waals surface area contributed by atoms with E-state index in [0.29, 0.717) is 24.1 Å². The lowest BCUT2D eigenvalue weighted by Gasteiger charge is -2.27. The molecule has 0 unspecified atom stereocenters. The molecule has 0 bridgehead atoms. The van der Waals surface area contributed by atoms with Gasteiger partial charge in [0.05, 0.1) is 12.3 Å². The van der Waals surface area contributed by atoms with Crippen molar-refractivity contribution in [1.82, 2.24) is 9.88 Å². The molecule has 1 saturated heterocycles. The second kappa shape index (κ2) is 9.02. The molecule has 0 spiro atoms. The summed E-state index contributed by atoms with van der Waals surface area (Å²) in [4.78, 5) is 39.2. The summed E-state index contributed by atoms with van der Waals surface area (Å²) >= 11 is 0. The Labute approximate surface area is 188 Å². The number of barbiturate groups is 1. The van der Waals surface area contributed by atoms with Crippen LogP contribution in [0.4, 0.5) is 10.5 Å². The highest BCUT2D eigenvalue weighted by atomic mass is 16.5. The Kier molecular flexibility index (Phi) is 6.17. The van der Waals surface area contributed by atoms with Crippen molar-refractivity contribution in [3.05, 3.63) is 52.9 Å². The zero-order valence-electron chi connectivity index (χ0n) is 18.8. The van der Waals surface area contributed by atoms with E-state index < -0.39 is 17.8 Å². The number of aryl methyl sites for hydroxylation is 1. The summed E-state index contributed by atoms with van der Waals surface area (Å²) in [6, 6.07) is 8.35. The topological polar surface area (TPSA) is 80.6 Å². The highest BCUT2D eigenvalue weighted by molar-refractivity contribution is 6.39. The van der Waals surface area contributed by atoms with Crippen LogP contribution in [0, 0.1) is 13.8 Å². The van der Waals surface area contributed by atoms with Crippen LogP contribution in [0.5, 0.6) is 5.75 Å². The van der Waals surface area contributed by atoms with Crippen LogP contribution in [0.2, 0.25) is 0 Å². The van der Waals surface area contributed by atoms with Crippen LogP contribution in [0.3, 0.4) is 0 Å². The average Bonchev–Trinajstić information content (AvgIpc) is 3.06. The zero-order valence-corrected chi connectivity index (χ0v) is 18.8. The lowest BCUT2D eigenvalue weighted by Crippen LogP contribution is -2.54. The minimum absolute atomic E-state index is 0.0534. The average molecular weight is 436 g/mol. The first-order valence-electron chi connectivity index (χ1n) is 11.2. The van der Waals surface area contributed by atoms with Gasteiger partial charge >= 0.3 is 6.03 Å². The first-order valence-corrected chi connectivity index (χ1v) is 11.2. The SMILES string of the molecule is CCOc1ccc(N2C(=O)NC(=O)/C(=C/c3cc(C)n(C4CCCCC4)c3C)C2=O)cc1. The molecule has 7 nitrogen and oxygen atoms in total. The van der Waals surface area contributed by atoms with Gasteiger partial charge in [-0.05, 0) is 75.6 Å². The molecule has 1 saturated carbocycles. The molecule has 1 N–H and O–H groups in total. The molecule has 4 amide bonds. The van der Waals surface area contributed by atoms with Gasteiger partial charge in [-0.15, -0.1) is 0 Å². The molecule has 0 atom stereocenters. The molecule has 1 aromatic heterocycles. The molecule has 1 aliphatic heterocycles. The predicted octanol–water partition coefficient (Wildman–Crippen LogP) is 4.68. The Hall–Kier alpha value is -3.35. The highest BCUT2D eigenvalue weighted by Crippen LogP contribution is 2.33. The summed E-state index contributed by atoms with van der Waals surface area (Å²) in [5.74, 6) is -0.668. The summed E-state index contributed by atoms with van der Waals surface area (Å²) in [6.07, 6.45) is 7.61. The van der Waals surface area contributed by atoms with Gasteiger partial charge in [-0.2, -0.15) is 0 Å². The van der Waals surface area contributed by atoms with Crippen LogP contribution in [-0.2, 0) is 9.59 Å². The number of imide groups is 2. The summed E-state index contributed by atoms with van der Waals surface area (Å²) in [5, 5.41) is 2.29. The first kappa shape index (κ1) is 21.9. The maximum Gasteiger partial charge on any atom is 0.335 e. The van der Waals surface area contributed by atoms with Crippen LogP contribution in [-0.4, -0.2) is 29.0 Å². The van der Waals surface area contributed by atoms with Gasteiger partial charge in [-0.25, -0.2) is 9.69 Å². The van der Waals surface area contributed by atoms with Crippen LogP contribution in [0.15, 0.2) is 35.9 Å². The van der Waals surface area contributed by atoms with Crippen molar-refractivity contribution < 1.29 is 19.1 Å². The highest BCUT2D eigenvalue weighted by Gasteiger charge is 2.37. The molecule has 2 aromatic rings. The number of ether oxygens (including phenoxy) is 1. The quantitative estimate of drug-likeness (QED) is 0.546. The summed E-state index contributed by atoms with van der Waals surface area (Å²) in [5.41, 5.74) is 3.30. The number of aromatic nitrogens is 1. The van der Waals surface area contributed by atoms with Crippen LogP contribution < -0.4 is 15.0 Å². The van der Waals surface area contributed by atoms with Gasteiger partial charge < -0.3 is 9.30 Å². The van der Waals surface area contributed by atoms with Crippen molar-refractivity contribution in [3.63, 3.8) is 0 Å². The molecular formula is C25H29N3O4. The number of hydrogen-bond donors (Lipinski definition) is 1. The Morgan fingerprint density at radius 1 is 1.06 bits per heavy atom.